The second kappa shape index (κ2) is 5.24. The highest BCUT2D eigenvalue weighted by Gasteiger charge is 2.30. The van der Waals surface area contributed by atoms with Crippen molar-refractivity contribution >= 4 is 22.4 Å². The van der Waals surface area contributed by atoms with Crippen molar-refractivity contribution in [2.45, 2.75) is 39.3 Å². The van der Waals surface area contributed by atoms with Crippen LogP contribution in [-0.2, 0) is 4.79 Å². The molecule has 2 rings (SSSR count). The van der Waals surface area contributed by atoms with E-state index in [0.717, 1.165) is 28.7 Å². The maximum atomic E-state index is 11.8. The van der Waals surface area contributed by atoms with Crippen molar-refractivity contribution in [2.24, 2.45) is 0 Å². The first-order valence-electron chi connectivity index (χ1n) is 6.24. The van der Waals surface area contributed by atoms with Gasteiger partial charge in [0.2, 0.25) is 5.91 Å². The standard InChI is InChI=1S/C12H19N3O2S/c1-4-9-11(17)13-5-6-15(9)12-14-7(2)10(18-12)8(3)16/h8-9,16H,4-6H2,1-3H3,(H,13,17). The lowest BCUT2D eigenvalue weighted by Gasteiger charge is -2.34. The van der Waals surface area contributed by atoms with Crippen molar-refractivity contribution in [1.82, 2.24) is 10.3 Å². The molecular formula is C12H19N3O2S. The van der Waals surface area contributed by atoms with Gasteiger partial charge in [0.15, 0.2) is 5.13 Å². The molecule has 5 nitrogen and oxygen atoms in total. The first-order chi connectivity index (χ1) is 8.54. The van der Waals surface area contributed by atoms with Crippen LogP contribution in [0.5, 0.6) is 0 Å². The van der Waals surface area contributed by atoms with Crippen LogP contribution in [0.3, 0.4) is 0 Å². The molecule has 0 saturated carbocycles. The minimum Gasteiger partial charge on any atom is -0.388 e. The molecule has 0 bridgehead atoms. The van der Waals surface area contributed by atoms with Crippen molar-refractivity contribution in [3.8, 4) is 0 Å². The number of anilines is 1. The van der Waals surface area contributed by atoms with Crippen LogP contribution < -0.4 is 10.2 Å². The average Bonchev–Trinajstić information content (AvgIpc) is 2.71. The van der Waals surface area contributed by atoms with Crippen molar-refractivity contribution in [3.63, 3.8) is 0 Å². The van der Waals surface area contributed by atoms with Crippen molar-refractivity contribution in [2.75, 3.05) is 18.0 Å². The number of hydrogen-bond acceptors (Lipinski definition) is 5. The summed E-state index contributed by atoms with van der Waals surface area (Å²) in [6, 6.07) is -0.147. The SMILES string of the molecule is CCC1C(=O)NCCN1c1nc(C)c(C(C)O)s1. The van der Waals surface area contributed by atoms with E-state index in [1.165, 1.54) is 11.3 Å². The number of thiazole rings is 1. The first-order valence-corrected chi connectivity index (χ1v) is 7.06. The highest BCUT2D eigenvalue weighted by molar-refractivity contribution is 7.15. The summed E-state index contributed by atoms with van der Waals surface area (Å²) in [5.74, 6) is 0.0650. The second-order valence-electron chi connectivity index (χ2n) is 4.53. The third-order valence-corrected chi connectivity index (χ3v) is 4.53. The van der Waals surface area contributed by atoms with Crippen LogP contribution in [0.1, 0.15) is 36.9 Å². The summed E-state index contributed by atoms with van der Waals surface area (Å²) in [7, 11) is 0. The minimum absolute atomic E-state index is 0.0650. The van der Waals surface area contributed by atoms with Crippen LogP contribution in [0, 0.1) is 6.92 Å². The highest BCUT2D eigenvalue weighted by atomic mass is 32.1. The summed E-state index contributed by atoms with van der Waals surface area (Å²) in [5.41, 5.74) is 0.853. The Bertz CT molecular complexity index is 445. The maximum absolute atomic E-state index is 11.8. The van der Waals surface area contributed by atoms with Crippen LogP contribution >= 0.6 is 11.3 Å². The van der Waals surface area contributed by atoms with Gasteiger partial charge in [0.05, 0.1) is 16.7 Å². The van der Waals surface area contributed by atoms with Crippen LogP contribution in [0.4, 0.5) is 5.13 Å². The Balaban J connectivity index is 2.29. The molecule has 1 aliphatic heterocycles. The number of hydrogen-bond donors (Lipinski definition) is 2. The van der Waals surface area contributed by atoms with Gasteiger partial charge in [-0.25, -0.2) is 4.98 Å². The van der Waals surface area contributed by atoms with E-state index in [2.05, 4.69) is 10.3 Å². The summed E-state index contributed by atoms with van der Waals surface area (Å²) in [4.78, 5) is 19.2. The average molecular weight is 269 g/mol. The monoisotopic (exact) mass is 269 g/mol. The number of rotatable bonds is 3. The zero-order valence-corrected chi connectivity index (χ0v) is 11.8. The zero-order valence-electron chi connectivity index (χ0n) is 10.9. The van der Waals surface area contributed by atoms with E-state index in [9.17, 15) is 9.90 Å². The topological polar surface area (TPSA) is 65.5 Å². The molecule has 1 aromatic rings. The molecule has 1 fully saturated rings. The molecule has 2 N–H and O–H groups in total. The Morgan fingerprint density at radius 3 is 2.94 bits per heavy atom. The number of aliphatic hydroxyl groups is 1. The predicted octanol–water partition coefficient (Wildman–Crippen LogP) is 1.22. The molecule has 2 unspecified atom stereocenters. The number of amides is 1. The third-order valence-electron chi connectivity index (χ3n) is 3.16. The van der Waals surface area contributed by atoms with E-state index < -0.39 is 6.10 Å². The van der Waals surface area contributed by atoms with Gasteiger partial charge in [-0.3, -0.25) is 4.79 Å². The van der Waals surface area contributed by atoms with Gasteiger partial charge in [-0.15, -0.1) is 0 Å². The quantitative estimate of drug-likeness (QED) is 0.866. The molecule has 0 aliphatic carbocycles. The van der Waals surface area contributed by atoms with Gasteiger partial charge in [0.25, 0.3) is 0 Å². The highest BCUT2D eigenvalue weighted by Crippen LogP contribution is 2.32. The summed E-state index contributed by atoms with van der Waals surface area (Å²) < 4.78 is 0. The second-order valence-corrected chi connectivity index (χ2v) is 5.54. The molecule has 1 amide bonds. The third kappa shape index (κ3) is 2.35. The van der Waals surface area contributed by atoms with Gasteiger partial charge in [-0.05, 0) is 20.3 Å². The molecule has 0 spiro atoms. The number of nitrogens with one attached hydrogen (secondary N) is 1. The van der Waals surface area contributed by atoms with Crippen LogP contribution in [0.2, 0.25) is 0 Å². The van der Waals surface area contributed by atoms with E-state index in [1.807, 2.05) is 18.7 Å². The largest absolute Gasteiger partial charge is 0.388 e. The smallest absolute Gasteiger partial charge is 0.242 e. The fraction of sp³-hybridized carbons (Fsp3) is 0.667. The summed E-state index contributed by atoms with van der Waals surface area (Å²) in [5, 5.41) is 13.4. The van der Waals surface area contributed by atoms with Gasteiger partial charge in [0, 0.05) is 13.1 Å². The lowest BCUT2D eigenvalue weighted by molar-refractivity contribution is -0.123. The molecule has 0 radical (unpaired) electrons. The van der Waals surface area contributed by atoms with Crippen LogP contribution in [-0.4, -0.2) is 35.1 Å². The Labute approximate surface area is 111 Å². The number of piperazine rings is 1. The van der Waals surface area contributed by atoms with E-state index in [4.69, 9.17) is 0 Å². The summed E-state index contributed by atoms with van der Waals surface area (Å²) in [6.45, 7) is 7.06. The normalized spacial score (nSPS) is 21.9. The number of carbonyl (C=O) groups excluding carboxylic acids is 1. The maximum Gasteiger partial charge on any atom is 0.242 e. The van der Waals surface area contributed by atoms with Gasteiger partial charge < -0.3 is 15.3 Å². The van der Waals surface area contributed by atoms with Crippen LogP contribution in [0.25, 0.3) is 0 Å². The Morgan fingerprint density at radius 2 is 2.39 bits per heavy atom. The zero-order chi connectivity index (χ0) is 13.3. The Kier molecular flexibility index (Phi) is 3.87. The number of carbonyl (C=O) groups is 1. The Morgan fingerprint density at radius 1 is 1.67 bits per heavy atom. The van der Waals surface area contributed by atoms with Gasteiger partial charge in [-0.2, -0.15) is 0 Å². The fourth-order valence-electron chi connectivity index (χ4n) is 2.25. The number of nitrogens with zero attached hydrogens (tertiary/aromatic N) is 2. The fourth-order valence-corrected chi connectivity index (χ4v) is 3.33. The lowest BCUT2D eigenvalue weighted by Crippen LogP contribution is -2.55. The van der Waals surface area contributed by atoms with Crippen molar-refractivity contribution < 1.29 is 9.90 Å². The molecule has 2 atom stereocenters. The number of aliphatic hydroxyl groups excluding tert-OH is 1. The molecule has 1 saturated heterocycles. The van der Waals surface area contributed by atoms with E-state index in [1.54, 1.807) is 6.92 Å². The lowest BCUT2D eigenvalue weighted by atomic mass is 10.1. The van der Waals surface area contributed by atoms with E-state index in [0.29, 0.717) is 6.54 Å². The molecule has 2 heterocycles. The molecule has 6 heteroatoms. The predicted molar refractivity (Wildman–Crippen MR) is 71.9 cm³/mol. The number of aromatic nitrogens is 1. The molecule has 0 aromatic carbocycles. The van der Waals surface area contributed by atoms with Gasteiger partial charge in [-0.1, -0.05) is 18.3 Å². The minimum atomic E-state index is -0.505. The van der Waals surface area contributed by atoms with E-state index in [-0.39, 0.29) is 11.9 Å². The molecule has 18 heavy (non-hydrogen) atoms. The molecular weight excluding hydrogens is 250 g/mol. The van der Waals surface area contributed by atoms with Gasteiger partial charge >= 0.3 is 0 Å². The molecule has 100 valence electrons. The van der Waals surface area contributed by atoms with Crippen molar-refractivity contribution in [1.29, 1.82) is 0 Å². The van der Waals surface area contributed by atoms with E-state index >= 15 is 0 Å². The Hall–Kier alpha value is -1.14. The molecule has 1 aliphatic rings. The summed E-state index contributed by atoms with van der Waals surface area (Å²) in [6.07, 6.45) is 0.254. The van der Waals surface area contributed by atoms with Crippen molar-refractivity contribution in [3.05, 3.63) is 10.6 Å². The first kappa shape index (κ1) is 13.3. The summed E-state index contributed by atoms with van der Waals surface area (Å²) >= 11 is 1.48. The van der Waals surface area contributed by atoms with Gasteiger partial charge in [0.1, 0.15) is 6.04 Å². The number of aryl methyl sites for hydroxylation is 1. The van der Waals surface area contributed by atoms with Crippen LogP contribution in [0.15, 0.2) is 0 Å². The molecule has 1 aromatic heterocycles.